The Morgan fingerprint density at radius 2 is 2.23 bits per heavy atom. The van der Waals surface area contributed by atoms with Gasteiger partial charge in [0.15, 0.2) is 5.71 Å². The van der Waals surface area contributed by atoms with E-state index in [4.69, 9.17) is 11.6 Å². The summed E-state index contributed by atoms with van der Waals surface area (Å²) >= 11 is 5.71. The average molecular weight is 196 g/mol. The van der Waals surface area contributed by atoms with E-state index in [0.29, 0.717) is 11.5 Å². The third-order valence-corrected chi connectivity index (χ3v) is 1.90. The first kappa shape index (κ1) is 8.31. The van der Waals surface area contributed by atoms with Gasteiger partial charge >= 0.3 is 0 Å². The zero-order valence-corrected chi connectivity index (χ0v) is 7.62. The molecule has 0 bridgehead atoms. The first-order valence-corrected chi connectivity index (χ1v) is 4.19. The van der Waals surface area contributed by atoms with Crippen LogP contribution in [0.3, 0.4) is 0 Å². The maximum atomic E-state index is 11.3. The second-order valence-corrected chi connectivity index (χ2v) is 3.12. The van der Waals surface area contributed by atoms with Crippen LogP contribution >= 0.6 is 11.6 Å². The Balaban J connectivity index is 2.48. The number of carbonyl (C=O) groups excluding carboxylic acids is 1. The molecule has 0 aromatic heterocycles. The number of amidine groups is 1. The standard InChI is InChI=1S/C8H6ClN3O/c1-4-10-5-2-3-6(9)12-7(5)8(13)11-4/h2-3,6H,1H3. The first-order chi connectivity index (χ1) is 6.16. The third kappa shape index (κ3) is 1.45. The number of rotatable bonds is 0. The van der Waals surface area contributed by atoms with Gasteiger partial charge in [-0.25, -0.2) is 4.99 Å². The molecule has 2 aliphatic heterocycles. The minimum atomic E-state index is -0.480. The number of aliphatic imine (C=N–C) groups is 3. The van der Waals surface area contributed by atoms with Crippen LogP contribution in [0.4, 0.5) is 0 Å². The van der Waals surface area contributed by atoms with E-state index in [0.717, 1.165) is 0 Å². The molecule has 0 aliphatic carbocycles. The first-order valence-electron chi connectivity index (χ1n) is 3.75. The Bertz CT molecular complexity index is 392. The lowest BCUT2D eigenvalue weighted by Gasteiger charge is -2.13. The van der Waals surface area contributed by atoms with Gasteiger partial charge in [0, 0.05) is 0 Å². The number of fused-ring (bicyclic) bond motifs is 1. The van der Waals surface area contributed by atoms with Gasteiger partial charge in [-0.1, -0.05) is 11.6 Å². The van der Waals surface area contributed by atoms with Gasteiger partial charge in [-0.05, 0) is 19.1 Å². The number of allylic oxidation sites excluding steroid dienone is 1. The normalized spacial score (nSPS) is 26.2. The van der Waals surface area contributed by atoms with Crippen molar-refractivity contribution in [1.82, 2.24) is 0 Å². The van der Waals surface area contributed by atoms with Crippen molar-refractivity contribution >= 4 is 34.8 Å². The van der Waals surface area contributed by atoms with E-state index in [1.165, 1.54) is 0 Å². The monoisotopic (exact) mass is 195 g/mol. The maximum Gasteiger partial charge on any atom is 0.299 e. The van der Waals surface area contributed by atoms with E-state index < -0.39 is 5.50 Å². The number of nitrogens with zero attached hydrogens (tertiary/aromatic N) is 3. The zero-order chi connectivity index (χ0) is 9.42. The highest BCUT2D eigenvalue weighted by atomic mass is 35.5. The van der Waals surface area contributed by atoms with Crippen LogP contribution < -0.4 is 0 Å². The van der Waals surface area contributed by atoms with Crippen molar-refractivity contribution < 1.29 is 4.79 Å². The molecule has 2 rings (SSSR count). The van der Waals surface area contributed by atoms with Gasteiger partial charge in [0.05, 0.1) is 5.71 Å². The molecule has 1 atom stereocenters. The summed E-state index contributed by atoms with van der Waals surface area (Å²) in [6, 6.07) is 0. The zero-order valence-electron chi connectivity index (χ0n) is 6.86. The van der Waals surface area contributed by atoms with E-state index >= 15 is 0 Å². The molecule has 1 amide bonds. The molecule has 0 saturated heterocycles. The van der Waals surface area contributed by atoms with E-state index in [1.54, 1.807) is 19.1 Å². The van der Waals surface area contributed by atoms with E-state index in [1.807, 2.05) is 0 Å². The summed E-state index contributed by atoms with van der Waals surface area (Å²) in [4.78, 5) is 22.9. The average Bonchev–Trinajstić information content (AvgIpc) is 2.06. The van der Waals surface area contributed by atoms with Crippen molar-refractivity contribution in [2.45, 2.75) is 12.4 Å². The van der Waals surface area contributed by atoms with E-state index in [2.05, 4.69) is 15.0 Å². The lowest BCUT2D eigenvalue weighted by molar-refractivity contribution is -0.111. The number of hydrogen-bond donors (Lipinski definition) is 0. The Kier molecular flexibility index (Phi) is 1.84. The second-order valence-electron chi connectivity index (χ2n) is 2.67. The molecule has 0 fully saturated rings. The minimum Gasteiger partial charge on any atom is -0.265 e. The largest absolute Gasteiger partial charge is 0.299 e. The van der Waals surface area contributed by atoms with Crippen LogP contribution in [0.5, 0.6) is 0 Å². The second kappa shape index (κ2) is 2.88. The summed E-state index contributed by atoms with van der Waals surface area (Å²) in [6.45, 7) is 1.67. The molecule has 0 aromatic rings. The van der Waals surface area contributed by atoms with Crippen molar-refractivity contribution in [3.8, 4) is 0 Å². The van der Waals surface area contributed by atoms with Gasteiger partial charge in [-0.3, -0.25) is 9.79 Å². The van der Waals surface area contributed by atoms with Gasteiger partial charge in [0.2, 0.25) is 0 Å². The number of halogens is 1. The van der Waals surface area contributed by atoms with Gasteiger partial charge in [0.25, 0.3) is 5.91 Å². The number of dihydropyridines is 1. The summed E-state index contributed by atoms with van der Waals surface area (Å²) in [5.41, 5.74) is 0.328. The van der Waals surface area contributed by atoms with Crippen molar-refractivity contribution in [2.75, 3.05) is 0 Å². The molecule has 4 nitrogen and oxygen atoms in total. The molecule has 0 N–H and O–H groups in total. The fourth-order valence-corrected chi connectivity index (χ4v) is 1.31. The molecular weight excluding hydrogens is 190 g/mol. The van der Waals surface area contributed by atoms with Crippen molar-refractivity contribution in [1.29, 1.82) is 0 Å². The Morgan fingerprint density at radius 3 is 3.00 bits per heavy atom. The van der Waals surface area contributed by atoms with Crippen LogP contribution in [-0.4, -0.2) is 28.7 Å². The van der Waals surface area contributed by atoms with Gasteiger partial charge < -0.3 is 0 Å². The molecule has 0 radical (unpaired) electrons. The minimum absolute atomic E-state index is 0.258. The molecule has 0 spiro atoms. The molecule has 2 heterocycles. The van der Waals surface area contributed by atoms with Crippen molar-refractivity contribution in [3.05, 3.63) is 12.2 Å². The van der Waals surface area contributed by atoms with Crippen LogP contribution in [0.25, 0.3) is 0 Å². The summed E-state index contributed by atoms with van der Waals surface area (Å²) in [5.74, 6) is 0.0918. The molecule has 0 aromatic carbocycles. The Morgan fingerprint density at radius 1 is 1.46 bits per heavy atom. The summed E-state index contributed by atoms with van der Waals surface area (Å²) in [6.07, 6.45) is 3.37. The lowest BCUT2D eigenvalue weighted by Crippen LogP contribution is -2.30. The third-order valence-electron chi connectivity index (χ3n) is 1.66. The van der Waals surface area contributed by atoms with Crippen LogP contribution in [-0.2, 0) is 4.79 Å². The molecule has 66 valence electrons. The maximum absolute atomic E-state index is 11.3. The molecule has 2 aliphatic rings. The van der Waals surface area contributed by atoms with Crippen molar-refractivity contribution in [2.24, 2.45) is 15.0 Å². The van der Waals surface area contributed by atoms with Gasteiger partial charge in [-0.2, -0.15) is 4.99 Å². The predicted molar refractivity (Wildman–Crippen MR) is 51.8 cm³/mol. The number of hydrogen-bond acceptors (Lipinski definition) is 3. The molecule has 13 heavy (non-hydrogen) atoms. The number of amides is 1. The summed E-state index contributed by atoms with van der Waals surface area (Å²) in [7, 11) is 0. The van der Waals surface area contributed by atoms with Crippen LogP contribution in [0.2, 0.25) is 0 Å². The fourth-order valence-electron chi connectivity index (χ4n) is 1.14. The quantitative estimate of drug-likeness (QED) is 0.420. The fraction of sp³-hybridized carbons (Fsp3) is 0.250. The van der Waals surface area contributed by atoms with Crippen LogP contribution in [0.1, 0.15) is 6.92 Å². The van der Waals surface area contributed by atoms with Crippen LogP contribution in [0, 0.1) is 0 Å². The molecule has 5 heteroatoms. The summed E-state index contributed by atoms with van der Waals surface area (Å²) < 4.78 is 0. The van der Waals surface area contributed by atoms with Gasteiger partial charge in [0.1, 0.15) is 11.3 Å². The highest BCUT2D eigenvalue weighted by Crippen LogP contribution is 2.11. The Hall–Kier alpha value is -1.29. The van der Waals surface area contributed by atoms with E-state index in [-0.39, 0.29) is 11.6 Å². The van der Waals surface area contributed by atoms with E-state index in [9.17, 15) is 4.79 Å². The molecule has 0 saturated carbocycles. The smallest absolute Gasteiger partial charge is 0.265 e. The number of carbonyl (C=O) groups is 1. The highest BCUT2D eigenvalue weighted by molar-refractivity contribution is 6.72. The van der Waals surface area contributed by atoms with Gasteiger partial charge in [-0.15, -0.1) is 0 Å². The SMILES string of the molecule is CC1=NC(=O)C2=NC(Cl)C=CC2=N1. The molecule has 1 unspecified atom stereocenters. The van der Waals surface area contributed by atoms with Crippen LogP contribution in [0.15, 0.2) is 27.1 Å². The Labute approximate surface area is 79.7 Å². The lowest BCUT2D eigenvalue weighted by atomic mass is 10.1. The summed E-state index contributed by atoms with van der Waals surface area (Å²) in [5, 5.41) is 0. The highest BCUT2D eigenvalue weighted by Gasteiger charge is 2.23. The van der Waals surface area contributed by atoms with Crippen molar-refractivity contribution in [3.63, 3.8) is 0 Å². The molecular formula is C8H6ClN3O. The topological polar surface area (TPSA) is 54.1 Å². The predicted octanol–water partition coefficient (Wildman–Crippen LogP) is 0.962. The number of alkyl halides is 1.